The number of carbonyl (C=O) groups is 1. The lowest BCUT2D eigenvalue weighted by Gasteiger charge is -2.24. The van der Waals surface area contributed by atoms with Gasteiger partial charge < -0.3 is 19.9 Å². The van der Waals surface area contributed by atoms with Crippen molar-refractivity contribution in [1.29, 1.82) is 0 Å². The number of nitrogens with one attached hydrogen (secondary N) is 2. The van der Waals surface area contributed by atoms with E-state index in [0.29, 0.717) is 11.4 Å². The zero-order chi connectivity index (χ0) is 22.1. The minimum Gasteiger partial charge on any atom is -0.385 e. The molecular formula is C23H29ClN4O2. The summed E-state index contributed by atoms with van der Waals surface area (Å²) in [6.45, 7) is 10.1. The molecule has 0 aliphatic rings. The van der Waals surface area contributed by atoms with Crippen molar-refractivity contribution in [2.75, 3.05) is 13.7 Å². The van der Waals surface area contributed by atoms with Gasteiger partial charge in [-0.25, -0.2) is 4.98 Å². The number of aryl methyl sites for hydroxylation is 1. The summed E-state index contributed by atoms with van der Waals surface area (Å²) in [6, 6.07) is 5.26. The summed E-state index contributed by atoms with van der Waals surface area (Å²) in [5, 5.41) is 6.89. The number of hydrogen-bond acceptors (Lipinski definition) is 4. The highest BCUT2D eigenvalue weighted by atomic mass is 35.5. The maximum absolute atomic E-state index is 12.3. The van der Waals surface area contributed by atoms with Gasteiger partial charge in [-0.15, -0.1) is 6.58 Å². The largest absolute Gasteiger partial charge is 0.385 e. The maximum Gasteiger partial charge on any atom is 0.246 e. The van der Waals surface area contributed by atoms with E-state index in [9.17, 15) is 4.79 Å². The molecule has 1 amide bonds. The zero-order valence-corrected chi connectivity index (χ0v) is 18.4. The van der Waals surface area contributed by atoms with Crippen LogP contribution in [-0.4, -0.2) is 35.2 Å². The Morgan fingerprint density at radius 3 is 2.80 bits per heavy atom. The lowest BCUT2D eigenvalue weighted by Crippen LogP contribution is -2.33. The van der Waals surface area contributed by atoms with Gasteiger partial charge in [0, 0.05) is 25.2 Å². The molecule has 0 radical (unpaired) electrons. The van der Waals surface area contributed by atoms with Crippen LogP contribution >= 0.6 is 11.6 Å². The molecule has 0 spiro atoms. The fourth-order valence-corrected chi connectivity index (χ4v) is 3.34. The molecule has 1 unspecified atom stereocenters. The summed E-state index contributed by atoms with van der Waals surface area (Å²) in [6.07, 6.45) is 9.77. The minimum absolute atomic E-state index is 0.0344. The van der Waals surface area contributed by atoms with E-state index in [2.05, 4.69) is 28.8 Å². The standard InChI is InChI=1S/C23H29ClN4O2/c1-6-10-26-19(7-2)11-17-8-9-18(24)12-20(17)16(3)23(27-22(29)14-30-5)21-13-25-15-28(21)4/h6-10,12-13,15,19,23,26H,2-3,11,14H2,1,4-5H3,(H,27,29)/b10-6-/t19?,23-/m1/s1. The van der Waals surface area contributed by atoms with Crippen LogP contribution < -0.4 is 10.6 Å². The molecule has 0 saturated heterocycles. The molecule has 2 N–H and O–H groups in total. The molecule has 0 saturated carbocycles. The van der Waals surface area contributed by atoms with Crippen molar-refractivity contribution in [3.8, 4) is 0 Å². The van der Waals surface area contributed by atoms with Crippen LogP contribution in [0.3, 0.4) is 0 Å². The monoisotopic (exact) mass is 428 g/mol. The van der Waals surface area contributed by atoms with Gasteiger partial charge >= 0.3 is 0 Å². The molecule has 2 aromatic rings. The maximum atomic E-state index is 12.3. The number of halogens is 1. The molecule has 2 atom stereocenters. The number of carbonyl (C=O) groups excluding carboxylic acids is 1. The van der Waals surface area contributed by atoms with E-state index in [1.54, 1.807) is 12.5 Å². The van der Waals surface area contributed by atoms with Gasteiger partial charge in [-0.05, 0) is 48.4 Å². The van der Waals surface area contributed by atoms with Crippen molar-refractivity contribution in [3.05, 3.63) is 84.1 Å². The molecule has 0 fully saturated rings. The summed E-state index contributed by atoms with van der Waals surface area (Å²) in [5.41, 5.74) is 3.44. The van der Waals surface area contributed by atoms with Gasteiger partial charge in [0.25, 0.3) is 0 Å². The highest BCUT2D eigenvalue weighted by molar-refractivity contribution is 6.30. The van der Waals surface area contributed by atoms with Crippen LogP contribution in [0, 0.1) is 0 Å². The predicted octanol–water partition coefficient (Wildman–Crippen LogP) is 3.81. The van der Waals surface area contributed by atoms with Crippen LogP contribution in [0.15, 0.2) is 62.2 Å². The summed E-state index contributed by atoms with van der Waals surface area (Å²) >= 11 is 6.32. The summed E-state index contributed by atoms with van der Waals surface area (Å²) in [4.78, 5) is 16.5. The van der Waals surface area contributed by atoms with E-state index in [1.807, 2.05) is 55.1 Å². The fourth-order valence-electron chi connectivity index (χ4n) is 3.17. The summed E-state index contributed by atoms with van der Waals surface area (Å²) in [7, 11) is 3.36. The number of imidazole rings is 1. The second-order valence-corrected chi connectivity index (χ2v) is 7.34. The van der Waals surface area contributed by atoms with E-state index in [1.165, 1.54) is 7.11 Å². The summed E-state index contributed by atoms with van der Waals surface area (Å²) in [5.74, 6) is -0.243. The predicted molar refractivity (Wildman–Crippen MR) is 122 cm³/mol. The van der Waals surface area contributed by atoms with Gasteiger partial charge in [0.2, 0.25) is 5.91 Å². The van der Waals surface area contributed by atoms with Gasteiger partial charge in [0.15, 0.2) is 0 Å². The number of amides is 1. The smallest absolute Gasteiger partial charge is 0.246 e. The van der Waals surface area contributed by atoms with Crippen molar-refractivity contribution in [2.45, 2.75) is 25.4 Å². The fraction of sp³-hybridized carbons (Fsp3) is 0.304. The van der Waals surface area contributed by atoms with Crippen LogP contribution in [0.25, 0.3) is 5.57 Å². The summed E-state index contributed by atoms with van der Waals surface area (Å²) < 4.78 is 6.83. The third-order valence-electron chi connectivity index (χ3n) is 4.70. The third kappa shape index (κ3) is 6.08. The Morgan fingerprint density at radius 2 is 2.20 bits per heavy atom. The van der Waals surface area contributed by atoms with Crippen LogP contribution in [-0.2, 0) is 23.0 Å². The van der Waals surface area contributed by atoms with E-state index < -0.39 is 6.04 Å². The van der Waals surface area contributed by atoms with Crippen LogP contribution in [0.2, 0.25) is 5.02 Å². The second-order valence-electron chi connectivity index (χ2n) is 6.90. The Morgan fingerprint density at radius 1 is 1.43 bits per heavy atom. The minimum atomic E-state index is -0.483. The quantitative estimate of drug-likeness (QED) is 0.534. The number of allylic oxidation sites excluding steroid dienone is 1. The SMILES string of the molecule is C=CC(Cc1ccc(Cl)cc1C(=C)[C@@H](NC(=O)COC)c1cncn1C)N/C=C\C. The van der Waals surface area contributed by atoms with Gasteiger partial charge in [-0.1, -0.05) is 36.4 Å². The van der Waals surface area contributed by atoms with Crippen molar-refractivity contribution >= 4 is 23.1 Å². The van der Waals surface area contributed by atoms with E-state index in [0.717, 1.165) is 22.4 Å². The van der Waals surface area contributed by atoms with E-state index in [4.69, 9.17) is 16.3 Å². The number of nitrogens with zero attached hydrogens (tertiary/aromatic N) is 2. The van der Waals surface area contributed by atoms with Crippen LogP contribution in [0.5, 0.6) is 0 Å². The van der Waals surface area contributed by atoms with Crippen molar-refractivity contribution in [3.63, 3.8) is 0 Å². The molecule has 0 bridgehead atoms. The number of ether oxygens (including phenoxy) is 1. The molecular weight excluding hydrogens is 400 g/mol. The molecule has 30 heavy (non-hydrogen) atoms. The van der Waals surface area contributed by atoms with Gasteiger partial charge in [-0.3, -0.25) is 4.79 Å². The van der Waals surface area contributed by atoms with E-state index >= 15 is 0 Å². The number of aromatic nitrogens is 2. The number of rotatable bonds is 11. The Labute approximate surface area is 183 Å². The third-order valence-corrected chi connectivity index (χ3v) is 4.93. The molecule has 0 aliphatic heterocycles. The second kappa shape index (κ2) is 11.4. The van der Waals surface area contributed by atoms with Crippen molar-refractivity contribution in [2.24, 2.45) is 7.05 Å². The molecule has 7 heteroatoms. The van der Waals surface area contributed by atoms with Gasteiger partial charge in [0.1, 0.15) is 6.61 Å². The molecule has 0 aliphatic carbocycles. The molecule has 1 aromatic heterocycles. The average molecular weight is 429 g/mol. The highest BCUT2D eigenvalue weighted by Crippen LogP contribution is 2.32. The van der Waals surface area contributed by atoms with Crippen LogP contribution in [0.1, 0.15) is 29.8 Å². The average Bonchev–Trinajstić information content (AvgIpc) is 3.15. The first kappa shape index (κ1) is 23.4. The normalized spacial score (nSPS) is 13.1. The lowest BCUT2D eigenvalue weighted by molar-refractivity contribution is -0.125. The first-order valence-electron chi connectivity index (χ1n) is 9.63. The zero-order valence-electron chi connectivity index (χ0n) is 17.7. The van der Waals surface area contributed by atoms with Gasteiger partial charge in [0.05, 0.1) is 24.3 Å². The first-order valence-corrected chi connectivity index (χ1v) is 10.0. The van der Waals surface area contributed by atoms with Gasteiger partial charge in [-0.2, -0.15) is 0 Å². The van der Waals surface area contributed by atoms with Crippen LogP contribution in [0.4, 0.5) is 0 Å². The Hall–Kier alpha value is -2.83. The highest BCUT2D eigenvalue weighted by Gasteiger charge is 2.24. The number of hydrogen-bond donors (Lipinski definition) is 2. The Balaban J connectivity index is 2.43. The first-order chi connectivity index (χ1) is 14.4. The molecule has 160 valence electrons. The number of methoxy groups -OCH3 is 1. The molecule has 1 aromatic carbocycles. The van der Waals surface area contributed by atoms with Crippen molar-refractivity contribution in [1.82, 2.24) is 20.2 Å². The van der Waals surface area contributed by atoms with Crippen molar-refractivity contribution < 1.29 is 9.53 Å². The topological polar surface area (TPSA) is 68.2 Å². The lowest BCUT2D eigenvalue weighted by atomic mass is 9.90. The molecule has 1 heterocycles. The Bertz CT molecular complexity index is 920. The molecule has 6 nitrogen and oxygen atoms in total. The number of benzene rings is 1. The van der Waals surface area contributed by atoms with E-state index in [-0.39, 0.29) is 18.6 Å². The molecule has 2 rings (SSSR count). The Kier molecular flexibility index (Phi) is 8.89.